The number of aryl methyl sites for hydroxylation is 1. The van der Waals surface area contributed by atoms with E-state index in [0.29, 0.717) is 19.7 Å². The summed E-state index contributed by atoms with van der Waals surface area (Å²) in [5.41, 5.74) is 3.92. The molecule has 4 nitrogen and oxygen atoms in total. The van der Waals surface area contributed by atoms with E-state index >= 15 is 0 Å². The summed E-state index contributed by atoms with van der Waals surface area (Å²) in [4.78, 5) is 11.6. The van der Waals surface area contributed by atoms with Crippen LogP contribution in [0.25, 0.3) is 0 Å². The van der Waals surface area contributed by atoms with Crippen molar-refractivity contribution in [1.82, 2.24) is 5.32 Å². The largest absolute Gasteiger partial charge is 0.383 e. The van der Waals surface area contributed by atoms with Crippen molar-refractivity contribution in [1.29, 1.82) is 0 Å². The molecular weight excluding hydrogens is 240 g/mol. The van der Waals surface area contributed by atoms with Gasteiger partial charge in [-0.15, -0.1) is 0 Å². The second-order valence-corrected chi connectivity index (χ2v) is 4.85. The van der Waals surface area contributed by atoms with Gasteiger partial charge in [-0.05, 0) is 42.9 Å². The molecule has 0 atom stereocenters. The topological polar surface area (TPSA) is 50.4 Å². The number of carbonyl (C=O) groups excluding carboxylic acids is 1. The maximum absolute atomic E-state index is 11.6. The molecule has 0 saturated heterocycles. The summed E-state index contributed by atoms with van der Waals surface area (Å²) in [6.07, 6.45) is 4.79. The molecule has 104 valence electrons. The predicted octanol–water partition coefficient (Wildman–Crippen LogP) is 1.74. The molecule has 1 aromatic carbocycles. The Bertz CT molecular complexity index is 432. The van der Waals surface area contributed by atoms with Crippen molar-refractivity contribution in [3.05, 3.63) is 29.3 Å². The highest BCUT2D eigenvalue weighted by Gasteiger charge is 2.13. The number of methoxy groups -OCH3 is 1. The normalized spacial score (nSPS) is 13.7. The lowest BCUT2D eigenvalue weighted by Gasteiger charge is -2.20. The SMILES string of the molecule is COCCNC(=O)CNc1cccc2c1CCCC2. The summed E-state index contributed by atoms with van der Waals surface area (Å²) < 4.78 is 4.89. The van der Waals surface area contributed by atoms with E-state index < -0.39 is 0 Å². The number of rotatable bonds is 6. The average Bonchev–Trinajstić information content (AvgIpc) is 2.45. The Morgan fingerprint density at radius 1 is 1.32 bits per heavy atom. The second-order valence-electron chi connectivity index (χ2n) is 4.85. The van der Waals surface area contributed by atoms with Gasteiger partial charge in [0.05, 0.1) is 13.2 Å². The van der Waals surface area contributed by atoms with E-state index in [0.717, 1.165) is 18.5 Å². The maximum Gasteiger partial charge on any atom is 0.239 e. The Labute approximate surface area is 114 Å². The van der Waals surface area contributed by atoms with Gasteiger partial charge in [-0.25, -0.2) is 0 Å². The summed E-state index contributed by atoms with van der Waals surface area (Å²) in [6, 6.07) is 6.32. The summed E-state index contributed by atoms with van der Waals surface area (Å²) >= 11 is 0. The molecule has 0 spiro atoms. The highest BCUT2D eigenvalue weighted by molar-refractivity contribution is 5.81. The number of nitrogens with one attached hydrogen (secondary N) is 2. The molecule has 1 aliphatic carbocycles. The van der Waals surface area contributed by atoms with Gasteiger partial charge in [0, 0.05) is 19.3 Å². The van der Waals surface area contributed by atoms with Crippen molar-refractivity contribution in [2.45, 2.75) is 25.7 Å². The van der Waals surface area contributed by atoms with E-state index in [4.69, 9.17) is 4.74 Å². The standard InChI is InChI=1S/C15H22N2O2/c1-19-10-9-16-15(18)11-17-14-8-4-6-12-5-2-3-7-13(12)14/h4,6,8,17H,2-3,5,7,9-11H2,1H3,(H,16,18). The molecule has 2 rings (SSSR count). The lowest BCUT2D eigenvalue weighted by Crippen LogP contribution is -2.32. The lowest BCUT2D eigenvalue weighted by atomic mass is 9.90. The van der Waals surface area contributed by atoms with Gasteiger partial charge in [0.2, 0.25) is 5.91 Å². The van der Waals surface area contributed by atoms with Gasteiger partial charge in [-0.1, -0.05) is 12.1 Å². The third-order valence-electron chi connectivity index (χ3n) is 3.46. The van der Waals surface area contributed by atoms with Crippen LogP contribution in [0.4, 0.5) is 5.69 Å². The first kappa shape index (κ1) is 13.9. The van der Waals surface area contributed by atoms with E-state index in [9.17, 15) is 4.79 Å². The molecule has 2 N–H and O–H groups in total. The molecule has 0 aromatic heterocycles. The van der Waals surface area contributed by atoms with Crippen molar-refractivity contribution in [3.63, 3.8) is 0 Å². The zero-order valence-corrected chi connectivity index (χ0v) is 11.5. The van der Waals surface area contributed by atoms with Crippen LogP contribution in [0.15, 0.2) is 18.2 Å². The molecule has 0 radical (unpaired) electrons. The van der Waals surface area contributed by atoms with Gasteiger partial charge >= 0.3 is 0 Å². The number of hydrogen-bond acceptors (Lipinski definition) is 3. The first-order valence-electron chi connectivity index (χ1n) is 6.91. The molecule has 19 heavy (non-hydrogen) atoms. The molecule has 0 unspecified atom stereocenters. The zero-order chi connectivity index (χ0) is 13.5. The zero-order valence-electron chi connectivity index (χ0n) is 11.5. The Hall–Kier alpha value is -1.55. The average molecular weight is 262 g/mol. The number of benzene rings is 1. The van der Waals surface area contributed by atoms with Crippen LogP contribution in [-0.2, 0) is 22.4 Å². The van der Waals surface area contributed by atoms with E-state index in [1.807, 2.05) is 0 Å². The van der Waals surface area contributed by atoms with Crippen LogP contribution in [0.1, 0.15) is 24.0 Å². The van der Waals surface area contributed by atoms with Gasteiger partial charge in [0.1, 0.15) is 0 Å². The van der Waals surface area contributed by atoms with Crippen molar-refractivity contribution >= 4 is 11.6 Å². The minimum atomic E-state index is 0.00506. The summed E-state index contributed by atoms with van der Waals surface area (Å²) in [5, 5.41) is 6.05. The predicted molar refractivity (Wildman–Crippen MR) is 76.5 cm³/mol. The molecule has 1 aliphatic rings. The van der Waals surface area contributed by atoms with Crippen LogP contribution in [0.5, 0.6) is 0 Å². The van der Waals surface area contributed by atoms with Crippen LogP contribution >= 0.6 is 0 Å². The van der Waals surface area contributed by atoms with E-state index in [1.54, 1.807) is 7.11 Å². The quantitative estimate of drug-likeness (QED) is 0.768. The third-order valence-corrected chi connectivity index (χ3v) is 3.46. The Morgan fingerprint density at radius 2 is 2.16 bits per heavy atom. The number of hydrogen-bond donors (Lipinski definition) is 2. The molecule has 1 aromatic rings. The molecule has 4 heteroatoms. The Kier molecular flexibility index (Phi) is 5.21. The monoisotopic (exact) mass is 262 g/mol. The van der Waals surface area contributed by atoms with E-state index in [-0.39, 0.29) is 5.91 Å². The number of ether oxygens (including phenoxy) is 1. The second kappa shape index (κ2) is 7.14. The molecule has 0 aliphatic heterocycles. The minimum absolute atomic E-state index is 0.00506. The molecule has 0 bridgehead atoms. The fourth-order valence-corrected chi connectivity index (χ4v) is 2.48. The number of fused-ring (bicyclic) bond motifs is 1. The number of carbonyl (C=O) groups is 1. The molecular formula is C15H22N2O2. The first-order valence-corrected chi connectivity index (χ1v) is 6.91. The Morgan fingerprint density at radius 3 is 3.00 bits per heavy atom. The smallest absolute Gasteiger partial charge is 0.239 e. The third kappa shape index (κ3) is 3.96. The van der Waals surface area contributed by atoms with Gasteiger partial charge < -0.3 is 15.4 Å². The van der Waals surface area contributed by atoms with Crippen LogP contribution in [0.2, 0.25) is 0 Å². The summed E-state index contributed by atoms with van der Waals surface area (Å²) in [6.45, 7) is 1.43. The van der Waals surface area contributed by atoms with Gasteiger partial charge in [0.25, 0.3) is 0 Å². The van der Waals surface area contributed by atoms with Gasteiger partial charge in [0.15, 0.2) is 0 Å². The van der Waals surface area contributed by atoms with E-state index in [1.165, 1.54) is 24.0 Å². The van der Waals surface area contributed by atoms with Crippen molar-refractivity contribution < 1.29 is 9.53 Å². The number of amides is 1. The van der Waals surface area contributed by atoms with Crippen LogP contribution in [0.3, 0.4) is 0 Å². The molecule has 0 saturated carbocycles. The fourth-order valence-electron chi connectivity index (χ4n) is 2.48. The van der Waals surface area contributed by atoms with Crippen molar-refractivity contribution in [2.75, 3.05) is 32.1 Å². The van der Waals surface area contributed by atoms with Crippen molar-refractivity contribution in [2.24, 2.45) is 0 Å². The number of anilines is 1. The molecule has 0 fully saturated rings. The first-order chi connectivity index (χ1) is 9.31. The maximum atomic E-state index is 11.6. The van der Waals surface area contributed by atoms with Crippen molar-refractivity contribution in [3.8, 4) is 0 Å². The van der Waals surface area contributed by atoms with Crippen LogP contribution < -0.4 is 10.6 Å². The molecule has 0 heterocycles. The highest BCUT2D eigenvalue weighted by Crippen LogP contribution is 2.27. The van der Waals surface area contributed by atoms with Gasteiger partial charge in [-0.3, -0.25) is 4.79 Å². The molecule has 1 amide bonds. The van der Waals surface area contributed by atoms with Crippen LogP contribution in [0, 0.1) is 0 Å². The minimum Gasteiger partial charge on any atom is -0.383 e. The van der Waals surface area contributed by atoms with E-state index in [2.05, 4.69) is 28.8 Å². The Balaban J connectivity index is 1.87. The van der Waals surface area contributed by atoms with Gasteiger partial charge in [-0.2, -0.15) is 0 Å². The highest BCUT2D eigenvalue weighted by atomic mass is 16.5. The van der Waals surface area contributed by atoms with Crippen LogP contribution in [-0.4, -0.2) is 32.7 Å². The lowest BCUT2D eigenvalue weighted by molar-refractivity contribution is -0.119. The fraction of sp³-hybridized carbons (Fsp3) is 0.533. The summed E-state index contributed by atoms with van der Waals surface area (Å²) in [5.74, 6) is 0.00506. The summed E-state index contributed by atoms with van der Waals surface area (Å²) in [7, 11) is 1.63.